The van der Waals surface area contributed by atoms with Gasteiger partial charge in [-0.25, -0.2) is 9.97 Å². The SMILES string of the molecule is Brc1cnc(OCC=Cc2ccccc2)nc1. The lowest BCUT2D eigenvalue weighted by Gasteiger charge is -1.99. The van der Waals surface area contributed by atoms with E-state index in [0.29, 0.717) is 12.6 Å². The maximum absolute atomic E-state index is 5.35. The third-order valence-corrected chi connectivity index (χ3v) is 2.42. The topological polar surface area (TPSA) is 35.0 Å². The predicted molar refractivity (Wildman–Crippen MR) is 70.7 cm³/mol. The van der Waals surface area contributed by atoms with E-state index in [1.807, 2.05) is 42.5 Å². The minimum Gasteiger partial charge on any atom is -0.459 e. The van der Waals surface area contributed by atoms with E-state index in [-0.39, 0.29) is 0 Å². The van der Waals surface area contributed by atoms with Gasteiger partial charge in [-0.1, -0.05) is 36.4 Å². The van der Waals surface area contributed by atoms with Gasteiger partial charge >= 0.3 is 6.01 Å². The summed E-state index contributed by atoms with van der Waals surface area (Å²) < 4.78 is 6.19. The Balaban J connectivity index is 1.84. The Hall–Kier alpha value is -1.68. The molecule has 1 aromatic heterocycles. The fourth-order valence-corrected chi connectivity index (χ4v) is 1.45. The average Bonchev–Trinajstić information content (AvgIpc) is 2.38. The Kier molecular flexibility index (Phi) is 4.27. The second-order valence-corrected chi connectivity index (χ2v) is 4.22. The molecule has 2 rings (SSSR count). The number of halogens is 1. The number of benzene rings is 1. The van der Waals surface area contributed by atoms with Crippen LogP contribution in [0.15, 0.2) is 53.3 Å². The molecule has 3 nitrogen and oxygen atoms in total. The molecule has 2 aromatic rings. The van der Waals surface area contributed by atoms with Gasteiger partial charge in [0.25, 0.3) is 0 Å². The fourth-order valence-electron chi connectivity index (χ4n) is 1.25. The van der Waals surface area contributed by atoms with E-state index < -0.39 is 0 Å². The van der Waals surface area contributed by atoms with E-state index in [4.69, 9.17) is 4.74 Å². The van der Waals surface area contributed by atoms with Crippen molar-refractivity contribution in [3.8, 4) is 6.01 Å². The number of ether oxygens (including phenoxy) is 1. The van der Waals surface area contributed by atoms with Gasteiger partial charge in [-0.15, -0.1) is 0 Å². The summed E-state index contributed by atoms with van der Waals surface area (Å²) in [5, 5.41) is 0. The zero-order chi connectivity index (χ0) is 11.9. The minimum atomic E-state index is 0.380. The number of hydrogen-bond acceptors (Lipinski definition) is 3. The smallest absolute Gasteiger partial charge is 0.316 e. The molecule has 4 heteroatoms. The lowest BCUT2D eigenvalue weighted by molar-refractivity contribution is 0.333. The number of nitrogens with zero attached hydrogens (tertiary/aromatic N) is 2. The van der Waals surface area contributed by atoms with Crippen molar-refractivity contribution in [3.63, 3.8) is 0 Å². The van der Waals surface area contributed by atoms with Gasteiger partial charge in [0.1, 0.15) is 6.61 Å². The van der Waals surface area contributed by atoms with Crippen LogP contribution in [0.2, 0.25) is 0 Å². The van der Waals surface area contributed by atoms with Gasteiger partial charge in [0, 0.05) is 12.4 Å². The van der Waals surface area contributed by atoms with Crippen LogP contribution in [0.5, 0.6) is 6.01 Å². The van der Waals surface area contributed by atoms with Gasteiger partial charge in [-0.05, 0) is 27.6 Å². The van der Waals surface area contributed by atoms with Gasteiger partial charge in [-0.3, -0.25) is 0 Å². The summed E-state index contributed by atoms with van der Waals surface area (Å²) in [6.07, 6.45) is 7.24. The van der Waals surface area contributed by atoms with E-state index in [1.54, 1.807) is 12.4 Å². The summed E-state index contributed by atoms with van der Waals surface area (Å²) in [4.78, 5) is 8.02. The molecule has 0 aliphatic heterocycles. The summed E-state index contributed by atoms with van der Waals surface area (Å²) in [5.74, 6) is 0. The normalized spacial score (nSPS) is 10.6. The second kappa shape index (κ2) is 6.15. The molecule has 1 heterocycles. The first kappa shape index (κ1) is 11.8. The molecule has 0 aliphatic carbocycles. The van der Waals surface area contributed by atoms with E-state index in [2.05, 4.69) is 25.9 Å². The van der Waals surface area contributed by atoms with Crippen LogP contribution < -0.4 is 4.74 Å². The first-order valence-electron chi connectivity index (χ1n) is 5.16. The highest BCUT2D eigenvalue weighted by Crippen LogP contribution is 2.08. The number of rotatable bonds is 4. The fraction of sp³-hybridized carbons (Fsp3) is 0.0769. The molecule has 0 bridgehead atoms. The lowest BCUT2D eigenvalue weighted by atomic mass is 10.2. The van der Waals surface area contributed by atoms with E-state index in [9.17, 15) is 0 Å². The Morgan fingerprint density at radius 2 is 1.82 bits per heavy atom. The van der Waals surface area contributed by atoms with Crippen molar-refractivity contribution < 1.29 is 4.74 Å². The Bertz CT molecular complexity index is 483. The largest absolute Gasteiger partial charge is 0.459 e. The molecule has 0 fully saturated rings. The van der Waals surface area contributed by atoms with Gasteiger partial charge in [0.15, 0.2) is 0 Å². The molecule has 0 unspecified atom stereocenters. The molecule has 17 heavy (non-hydrogen) atoms. The van der Waals surface area contributed by atoms with Crippen molar-refractivity contribution in [2.45, 2.75) is 0 Å². The van der Waals surface area contributed by atoms with E-state index in [0.717, 1.165) is 10.0 Å². The lowest BCUT2D eigenvalue weighted by Crippen LogP contribution is -1.97. The monoisotopic (exact) mass is 290 g/mol. The summed E-state index contributed by atoms with van der Waals surface area (Å²) >= 11 is 3.26. The third-order valence-electron chi connectivity index (χ3n) is 2.02. The van der Waals surface area contributed by atoms with Crippen molar-refractivity contribution in [2.75, 3.05) is 6.61 Å². The van der Waals surface area contributed by atoms with Crippen LogP contribution in [0.1, 0.15) is 5.56 Å². The average molecular weight is 291 g/mol. The maximum Gasteiger partial charge on any atom is 0.316 e. The maximum atomic E-state index is 5.35. The van der Waals surface area contributed by atoms with Crippen LogP contribution in [0, 0.1) is 0 Å². The molecular formula is C13H11BrN2O. The molecule has 1 aromatic carbocycles. The molecule has 86 valence electrons. The minimum absolute atomic E-state index is 0.380. The summed E-state index contributed by atoms with van der Waals surface area (Å²) in [7, 11) is 0. The highest BCUT2D eigenvalue weighted by Gasteiger charge is 1.94. The second-order valence-electron chi connectivity index (χ2n) is 3.31. The van der Waals surface area contributed by atoms with Crippen molar-refractivity contribution in [3.05, 3.63) is 58.8 Å². The molecule has 0 radical (unpaired) electrons. The predicted octanol–water partition coefficient (Wildman–Crippen LogP) is 3.33. The summed E-state index contributed by atoms with van der Waals surface area (Å²) in [5.41, 5.74) is 1.15. The molecule has 0 saturated heterocycles. The molecule has 0 amide bonds. The van der Waals surface area contributed by atoms with Gasteiger partial charge in [-0.2, -0.15) is 0 Å². The molecule has 0 spiro atoms. The molecule has 0 atom stereocenters. The standard InChI is InChI=1S/C13H11BrN2O/c14-12-9-15-13(16-10-12)17-8-4-7-11-5-2-1-3-6-11/h1-7,9-10H,8H2. The van der Waals surface area contributed by atoms with E-state index >= 15 is 0 Å². The molecule has 0 aliphatic rings. The molecular weight excluding hydrogens is 280 g/mol. The van der Waals surface area contributed by atoms with Crippen LogP contribution in [0.3, 0.4) is 0 Å². The van der Waals surface area contributed by atoms with E-state index in [1.165, 1.54) is 0 Å². The molecule has 0 N–H and O–H groups in total. The highest BCUT2D eigenvalue weighted by molar-refractivity contribution is 9.10. The Morgan fingerprint density at radius 3 is 2.53 bits per heavy atom. The zero-order valence-electron chi connectivity index (χ0n) is 9.08. The van der Waals surface area contributed by atoms with Crippen LogP contribution in [0.4, 0.5) is 0 Å². The highest BCUT2D eigenvalue weighted by atomic mass is 79.9. The van der Waals surface area contributed by atoms with Crippen molar-refractivity contribution in [1.29, 1.82) is 0 Å². The van der Waals surface area contributed by atoms with Crippen molar-refractivity contribution in [2.24, 2.45) is 0 Å². The van der Waals surface area contributed by atoms with Crippen molar-refractivity contribution in [1.82, 2.24) is 9.97 Å². The van der Waals surface area contributed by atoms with Gasteiger partial charge in [0.05, 0.1) is 4.47 Å². The quantitative estimate of drug-likeness (QED) is 0.866. The first-order valence-corrected chi connectivity index (χ1v) is 5.96. The zero-order valence-corrected chi connectivity index (χ0v) is 10.7. The van der Waals surface area contributed by atoms with Gasteiger partial charge in [0.2, 0.25) is 0 Å². The Morgan fingerprint density at radius 1 is 1.12 bits per heavy atom. The van der Waals surface area contributed by atoms with Crippen LogP contribution in [-0.4, -0.2) is 16.6 Å². The third kappa shape index (κ3) is 4.00. The number of aromatic nitrogens is 2. The molecule has 0 saturated carbocycles. The summed E-state index contributed by atoms with van der Waals surface area (Å²) in [6.45, 7) is 0.455. The van der Waals surface area contributed by atoms with Crippen LogP contribution in [0.25, 0.3) is 6.08 Å². The van der Waals surface area contributed by atoms with Crippen LogP contribution >= 0.6 is 15.9 Å². The summed E-state index contributed by atoms with van der Waals surface area (Å²) in [6, 6.07) is 10.4. The first-order chi connectivity index (χ1) is 8.34. The van der Waals surface area contributed by atoms with Crippen LogP contribution in [-0.2, 0) is 0 Å². The number of hydrogen-bond donors (Lipinski definition) is 0. The van der Waals surface area contributed by atoms with Crippen molar-refractivity contribution >= 4 is 22.0 Å². The van der Waals surface area contributed by atoms with Gasteiger partial charge < -0.3 is 4.74 Å². The Labute approximate surface area is 108 Å².